The van der Waals surface area contributed by atoms with E-state index in [2.05, 4.69) is 61.2 Å². The number of thiazole rings is 1. The first kappa shape index (κ1) is 32.9. The Morgan fingerprint density at radius 1 is 1.00 bits per heavy atom. The van der Waals surface area contributed by atoms with Gasteiger partial charge in [-0.05, 0) is 93.1 Å². The molecule has 10 heteroatoms. The number of hydrogen-bond donors (Lipinski definition) is 1. The van der Waals surface area contributed by atoms with E-state index in [1.807, 2.05) is 39.2 Å². The monoisotopic (exact) mass is 675 g/mol. The van der Waals surface area contributed by atoms with Gasteiger partial charge in [-0.3, -0.25) is 24.6 Å². The Labute approximate surface area is 290 Å². The van der Waals surface area contributed by atoms with Crippen molar-refractivity contribution in [1.82, 2.24) is 24.8 Å². The fraction of sp³-hybridized carbons (Fsp3) is 0.359. The third-order valence-electron chi connectivity index (χ3n) is 9.52. The zero-order valence-corrected chi connectivity index (χ0v) is 29.4. The molecular formula is C39H41N5O4S. The molecule has 2 aliphatic rings. The number of amides is 1. The molecule has 1 fully saturated rings. The van der Waals surface area contributed by atoms with E-state index in [1.54, 1.807) is 16.2 Å². The van der Waals surface area contributed by atoms with Crippen LogP contribution in [-0.4, -0.2) is 60.6 Å². The van der Waals surface area contributed by atoms with Crippen LogP contribution < -0.4 is 0 Å². The second kappa shape index (κ2) is 13.0. The summed E-state index contributed by atoms with van der Waals surface area (Å²) in [6, 6.07) is 17.0. The molecule has 7 rings (SSSR count). The van der Waals surface area contributed by atoms with Crippen LogP contribution in [0.1, 0.15) is 65.7 Å². The first-order valence-electron chi connectivity index (χ1n) is 16.8. The van der Waals surface area contributed by atoms with Crippen LogP contribution in [0.3, 0.4) is 0 Å². The first-order chi connectivity index (χ1) is 23.4. The number of benzene rings is 2. The van der Waals surface area contributed by atoms with Gasteiger partial charge in [0, 0.05) is 47.7 Å². The van der Waals surface area contributed by atoms with Crippen LogP contribution in [0.25, 0.3) is 32.6 Å². The summed E-state index contributed by atoms with van der Waals surface area (Å²) in [6.45, 7) is 13.0. The molecule has 0 aliphatic carbocycles. The number of pyridine rings is 2. The van der Waals surface area contributed by atoms with Gasteiger partial charge in [-0.25, -0.2) is 9.78 Å². The van der Waals surface area contributed by atoms with Crippen LogP contribution >= 0.6 is 11.3 Å². The van der Waals surface area contributed by atoms with E-state index in [9.17, 15) is 14.7 Å². The Hall–Kier alpha value is -4.67. The Kier molecular flexibility index (Phi) is 8.71. The molecule has 0 radical (unpaired) electrons. The lowest BCUT2D eigenvalue weighted by atomic mass is 9.90. The van der Waals surface area contributed by atoms with E-state index in [1.165, 1.54) is 27.8 Å². The number of fused-ring (bicyclic) bond motifs is 2. The molecule has 5 aromatic rings. The van der Waals surface area contributed by atoms with Gasteiger partial charge in [0.05, 0.1) is 35.9 Å². The van der Waals surface area contributed by atoms with E-state index in [0.29, 0.717) is 39.0 Å². The van der Waals surface area contributed by atoms with Crippen molar-refractivity contribution in [2.75, 3.05) is 13.1 Å². The molecule has 1 atom stereocenters. The number of ether oxygens (including phenoxy) is 1. The summed E-state index contributed by atoms with van der Waals surface area (Å²) in [5.74, 6) is -1.00. The Bertz CT molecular complexity index is 2060. The van der Waals surface area contributed by atoms with Gasteiger partial charge >= 0.3 is 12.1 Å². The number of aromatic nitrogens is 3. The lowest BCUT2D eigenvalue weighted by Crippen LogP contribution is -2.33. The summed E-state index contributed by atoms with van der Waals surface area (Å²) < 4.78 is 5.58. The maximum absolute atomic E-state index is 12.6. The van der Waals surface area contributed by atoms with Gasteiger partial charge in [0.15, 0.2) is 0 Å². The molecule has 2 aliphatic heterocycles. The first-order valence-corrected chi connectivity index (χ1v) is 17.6. The molecule has 1 saturated heterocycles. The fourth-order valence-electron chi connectivity index (χ4n) is 6.93. The van der Waals surface area contributed by atoms with Crippen molar-refractivity contribution in [3.63, 3.8) is 0 Å². The largest absolute Gasteiger partial charge is 0.481 e. The third kappa shape index (κ3) is 6.80. The summed E-state index contributed by atoms with van der Waals surface area (Å²) >= 11 is 1.65. The van der Waals surface area contributed by atoms with Crippen molar-refractivity contribution in [3.8, 4) is 21.7 Å². The van der Waals surface area contributed by atoms with Crippen LogP contribution in [0.15, 0.2) is 60.9 Å². The van der Waals surface area contributed by atoms with Gasteiger partial charge in [0.25, 0.3) is 0 Å². The SMILES string of the molecule is Cc1c(Cc2nccc3cc(CN4CC[C@@H](C(=O)O)C4)cnc23)cccc1-c1cccc(-c2nc3c(s2)CN(C(=O)OC(C)(C)C)C3)c1C. The number of carbonyl (C=O) groups excluding carboxylic acids is 1. The van der Waals surface area contributed by atoms with Gasteiger partial charge in [0.1, 0.15) is 10.6 Å². The van der Waals surface area contributed by atoms with Crippen LogP contribution in [0.4, 0.5) is 4.79 Å². The third-order valence-corrected chi connectivity index (χ3v) is 10.6. The summed E-state index contributed by atoms with van der Waals surface area (Å²) in [4.78, 5) is 43.6. The van der Waals surface area contributed by atoms with Crippen molar-refractivity contribution in [2.24, 2.45) is 5.92 Å². The summed E-state index contributed by atoms with van der Waals surface area (Å²) in [5, 5.41) is 11.4. The maximum atomic E-state index is 12.6. The van der Waals surface area contributed by atoms with E-state index in [0.717, 1.165) is 49.8 Å². The Morgan fingerprint density at radius 3 is 2.49 bits per heavy atom. The van der Waals surface area contributed by atoms with Crippen molar-refractivity contribution in [1.29, 1.82) is 0 Å². The zero-order chi connectivity index (χ0) is 34.4. The molecule has 252 valence electrons. The average Bonchev–Trinajstić information content (AvgIpc) is 3.78. The molecular weight excluding hydrogens is 635 g/mol. The van der Waals surface area contributed by atoms with Crippen LogP contribution in [0.2, 0.25) is 0 Å². The maximum Gasteiger partial charge on any atom is 0.410 e. The summed E-state index contributed by atoms with van der Waals surface area (Å²) in [6.07, 6.45) is 4.80. The standard InChI is InChI=1S/C39H41N5O4S/c1-23-26(17-32-35-27(12-14-40-32)16-25(18-41-35)19-43-15-13-28(20-43)37(45)46)8-6-9-29(23)30-10-7-11-31(24(30)2)36-42-33-21-44(22-34(33)49-36)38(47)48-39(3,4)5/h6-12,14,16,18,28H,13,15,17,19-22H2,1-5H3,(H,45,46)/t28-/m1/s1. The molecule has 0 unspecified atom stereocenters. The molecule has 1 N–H and O–H groups in total. The molecule has 1 amide bonds. The van der Waals surface area contributed by atoms with Gasteiger partial charge in [-0.1, -0.05) is 36.4 Å². The van der Waals surface area contributed by atoms with E-state index in [4.69, 9.17) is 19.7 Å². The second-order valence-corrected chi connectivity index (χ2v) is 15.3. The van der Waals surface area contributed by atoms with E-state index >= 15 is 0 Å². The topological polar surface area (TPSA) is 109 Å². The number of hydrogen-bond acceptors (Lipinski definition) is 8. The highest BCUT2D eigenvalue weighted by molar-refractivity contribution is 7.15. The van der Waals surface area contributed by atoms with Crippen LogP contribution in [-0.2, 0) is 35.6 Å². The van der Waals surface area contributed by atoms with Gasteiger partial charge in [0.2, 0.25) is 0 Å². The number of likely N-dealkylation sites (tertiary alicyclic amines) is 1. The summed E-state index contributed by atoms with van der Waals surface area (Å²) in [7, 11) is 0. The van der Waals surface area contributed by atoms with Crippen LogP contribution in [0.5, 0.6) is 0 Å². The molecule has 49 heavy (non-hydrogen) atoms. The van der Waals surface area contributed by atoms with Crippen molar-refractivity contribution in [2.45, 2.75) is 72.7 Å². The Balaban J connectivity index is 1.10. The second-order valence-electron chi connectivity index (χ2n) is 14.2. The van der Waals surface area contributed by atoms with Crippen molar-refractivity contribution >= 4 is 34.3 Å². The van der Waals surface area contributed by atoms with Gasteiger partial charge < -0.3 is 9.84 Å². The fourth-order valence-corrected chi connectivity index (χ4v) is 8.10. The molecule has 3 aromatic heterocycles. The molecule has 0 saturated carbocycles. The van der Waals surface area contributed by atoms with E-state index < -0.39 is 11.6 Å². The summed E-state index contributed by atoms with van der Waals surface area (Å²) in [5.41, 5.74) is 10.3. The minimum absolute atomic E-state index is 0.290. The predicted octanol–water partition coefficient (Wildman–Crippen LogP) is 7.79. The minimum atomic E-state index is -0.714. The number of rotatable bonds is 7. The minimum Gasteiger partial charge on any atom is -0.481 e. The van der Waals surface area contributed by atoms with Crippen molar-refractivity contribution < 1.29 is 19.4 Å². The normalized spacial score (nSPS) is 16.3. The van der Waals surface area contributed by atoms with Gasteiger partial charge in [-0.2, -0.15) is 0 Å². The van der Waals surface area contributed by atoms with Gasteiger partial charge in [-0.15, -0.1) is 11.3 Å². The molecule has 2 aromatic carbocycles. The Morgan fingerprint density at radius 2 is 1.76 bits per heavy atom. The highest BCUT2D eigenvalue weighted by Gasteiger charge is 2.31. The number of carboxylic acid groups (broad SMARTS) is 1. The lowest BCUT2D eigenvalue weighted by Gasteiger charge is -2.24. The average molecular weight is 676 g/mol. The molecule has 9 nitrogen and oxygen atoms in total. The molecule has 5 heterocycles. The predicted molar refractivity (Wildman–Crippen MR) is 191 cm³/mol. The van der Waals surface area contributed by atoms with E-state index in [-0.39, 0.29) is 12.0 Å². The lowest BCUT2D eigenvalue weighted by molar-refractivity contribution is -0.141. The number of carboxylic acids is 1. The quantitative estimate of drug-likeness (QED) is 0.186. The molecule has 0 bridgehead atoms. The zero-order valence-electron chi connectivity index (χ0n) is 28.6. The smallest absolute Gasteiger partial charge is 0.410 e. The van der Waals surface area contributed by atoms with Crippen molar-refractivity contribution in [3.05, 3.63) is 99.4 Å². The van der Waals surface area contributed by atoms with Crippen LogP contribution in [0, 0.1) is 19.8 Å². The molecule has 0 spiro atoms. The number of carbonyl (C=O) groups is 2. The highest BCUT2D eigenvalue weighted by atomic mass is 32.1. The number of nitrogens with zero attached hydrogens (tertiary/aromatic N) is 5. The number of aliphatic carboxylic acids is 1. The highest BCUT2D eigenvalue weighted by Crippen LogP contribution is 2.39.